The van der Waals surface area contributed by atoms with E-state index in [0.717, 1.165) is 12.1 Å². The van der Waals surface area contributed by atoms with E-state index < -0.39 is 105 Å². The van der Waals surface area contributed by atoms with Crippen LogP contribution >= 0.6 is 68.8 Å². The van der Waals surface area contributed by atoms with Crippen LogP contribution in [0.4, 0.5) is 39.8 Å². The van der Waals surface area contributed by atoms with Crippen molar-refractivity contribution in [2.75, 3.05) is 74.8 Å². The van der Waals surface area contributed by atoms with E-state index in [0.29, 0.717) is 168 Å². The fraction of sp³-hybridized carbons (Fsp3) is 0.341. The van der Waals surface area contributed by atoms with Gasteiger partial charge in [0.2, 0.25) is 17.8 Å². The van der Waals surface area contributed by atoms with Crippen LogP contribution in [0.5, 0.6) is 0 Å². The van der Waals surface area contributed by atoms with Crippen LogP contribution in [0.3, 0.4) is 0 Å². The molecule has 3 atom stereocenters. The van der Waals surface area contributed by atoms with Gasteiger partial charge in [-0.3, -0.25) is 19.8 Å². The second-order valence-corrected chi connectivity index (χ2v) is 33.2. The molecule has 0 bridgehead atoms. The second kappa shape index (κ2) is 38.1. The summed E-state index contributed by atoms with van der Waals surface area (Å²) < 4.78 is 87.2. The SMILES string of the molecule is CCOC(=O)C1=C(C2CCN(c3ncc(C)c(C(=O)O)n3)CC2)NC(c2nccs2)=NC1c1cccc(F)c1Cl.COC(=O)C1=C(C2CCN(c3ncc(C)c(C(=O)O)n3)CC2)NC(c2nccs2)=NC1c1ccc(F)c(F)c1Cl.COC(=O)C1=C(C2CCN(c3ncc(C4(O)CC(C(=O)O)C4)cn3)CC2)NC(c2nccs2)=NC1c1ccc(F)c(F)c1Cl. The lowest BCUT2D eigenvalue weighted by molar-refractivity contribution is -0.159. The number of hydrogen-bond acceptors (Lipinski definition) is 31. The van der Waals surface area contributed by atoms with E-state index in [-0.39, 0.29) is 81.5 Å². The number of benzene rings is 3. The number of aliphatic imine (C=N–C) groups is 3. The predicted molar refractivity (Wildman–Crippen MR) is 448 cm³/mol. The summed E-state index contributed by atoms with van der Waals surface area (Å²) in [7, 11) is 2.47. The van der Waals surface area contributed by atoms with E-state index in [1.807, 2.05) is 20.1 Å². The highest BCUT2D eigenvalue weighted by Gasteiger charge is 2.49. The Morgan fingerprint density at radius 1 is 0.492 bits per heavy atom. The molecule has 646 valence electrons. The van der Waals surface area contributed by atoms with Crippen molar-refractivity contribution in [3.63, 3.8) is 0 Å². The van der Waals surface area contributed by atoms with Crippen molar-refractivity contribution in [2.24, 2.45) is 38.6 Å². The number of esters is 3. The topological polar surface area (TPSA) is 410 Å². The summed E-state index contributed by atoms with van der Waals surface area (Å²) in [5, 5.41) is 54.7. The van der Waals surface area contributed by atoms with Gasteiger partial charge in [-0.05, 0) is 90.3 Å². The number of aromatic carboxylic acids is 2. The number of carbonyl (C=O) groups is 6. The van der Waals surface area contributed by atoms with Gasteiger partial charge in [-0.15, -0.1) is 34.0 Å². The number of carboxylic acid groups (broad SMARTS) is 3. The summed E-state index contributed by atoms with van der Waals surface area (Å²) >= 11 is 22.9. The second-order valence-electron chi connectivity index (χ2n) is 29.4. The molecule has 1 aliphatic carbocycles. The molecule has 42 heteroatoms. The molecular formula is C82H76Cl3F5N18O13S3. The molecule has 7 N–H and O–H groups in total. The minimum Gasteiger partial charge on any atom is -0.481 e. The van der Waals surface area contributed by atoms with Gasteiger partial charge < -0.3 is 65.3 Å². The number of piperidine rings is 3. The molecule has 7 aliphatic rings. The van der Waals surface area contributed by atoms with Crippen LogP contribution < -0.4 is 30.7 Å². The van der Waals surface area contributed by atoms with Crippen molar-refractivity contribution in [2.45, 2.75) is 95.9 Å². The Bertz CT molecular complexity index is 5810. The third-order valence-corrected chi connectivity index (χ3v) is 25.5. The van der Waals surface area contributed by atoms with Crippen LogP contribution in [0.25, 0.3) is 0 Å². The molecule has 6 aliphatic heterocycles. The standard InChI is InChI=1S/C29H27ClF2N6O5S.C27H26ClFN6O4S.C26H23ClF2N6O4S/c1-43-27(41)19-22(36-24(25-33-6-9-44-25)37-23(19)17-2-3-18(31)21(32)20(17)30)14-4-7-38(8-5-14)28-34-12-16(13-35-28)29(42)10-15(11-29)26(39)40;1-3-39-26(38)18-21(15-7-10-35(11-8-15)27-31-13-14(2)20(34-27)25(36)37)32-23(24-30-9-12-40-24)33-22(18)16-5-4-6-17(29)19(16)28;1-12-11-31-26(34-19(12)24(36)37)35-8-5-13(6-9-35)20-16(25(38)39-2)21(14-3-4-15(28)18(29)17(14)27)33-22(32-20)23-30-7-10-40-23/h2-3,6,9,12-15,23,42H,4-5,7-8,10-11H2,1H3,(H,36,37)(H,39,40);4-6,9,12-13,15,22H,3,7-8,10-11H2,1-2H3,(H,32,33)(H,36,37);3-4,7,10-11,13,21H,5-6,8-9H2,1-2H3,(H,32,33)(H,36,37). The molecule has 0 radical (unpaired) electrons. The van der Waals surface area contributed by atoms with Crippen molar-refractivity contribution in [1.82, 2.24) is 60.8 Å². The molecule has 16 rings (SSSR count). The fourth-order valence-electron chi connectivity index (χ4n) is 15.6. The molecule has 4 fully saturated rings. The average Bonchev–Trinajstić information content (AvgIpc) is 0.902. The van der Waals surface area contributed by atoms with E-state index in [4.69, 9.17) is 59.1 Å². The van der Waals surface area contributed by atoms with E-state index in [2.05, 4.69) is 70.8 Å². The molecule has 0 amide bonds. The fourth-order valence-corrected chi connectivity index (χ4v) is 18.1. The number of carbonyl (C=O) groups excluding carboxylic acids is 3. The Morgan fingerprint density at radius 2 is 0.855 bits per heavy atom. The number of hydrogen-bond donors (Lipinski definition) is 7. The quantitative estimate of drug-likeness (QED) is 0.0161. The van der Waals surface area contributed by atoms with Crippen LogP contribution in [-0.2, 0) is 39.0 Å². The first-order valence-corrected chi connectivity index (χ1v) is 42.5. The van der Waals surface area contributed by atoms with Gasteiger partial charge in [-0.1, -0.05) is 59.1 Å². The van der Waals surface area contributed by atoms with Crippen LogP contribution in [0, 0.1) is 66.6 Å². The predicted octanol–water partition coefficient (Wildman–Crippen LogP) is 12.8. The Kier molecular flexibility index (Phi) is 27.2. The number of aliphatic hydroxyl groups is 1. The number of carboxylic acids is 3. The number of ether oxygens (including phenoxy) is 3. The lowest BCUT2D eigenvalue weighted by atomic mass is 9.68. The monoisotopic (exact) mass is 1820 g/mol. The zero-order valence-corrected chi connectivity index (χ0v) is 71.1. The molecule has 0 spiro atoms. The maximum Gasteiger partial charge on any atom is 0.354 e. The van der Waals surface area contributed by atoms with Gasteiger partial charge in [0.25, 0.3) is 0 Å². The van der Waals surface area contributed by atoms with Crippen LogP contribution in [0.2, 0.25) is 15.1 Å². The van der Waals surface area contributed by atoms with E-state index in [9.17, 15) is 66.0 Å². The highest BCUT2D eigenvalue weighted by Crippen LogP contribution is 2.48. The van der Waals surface area contributed by atoms with Crippen molar-refractivity contribution in [3.8, 4) is 0 Å². The van der Waals surface area contributed by atoms with Gasteiger partial charge in [0.15, 0.2) is 67.2 Å². The number of amidine groups is 3. The van der Waals surface area contributed by atoms with Crippen LogP contribution in [0.15, 0.2) is 151 Å². The number of rotatable bonds is 20. The van der Waals surface area contributed by atoms with Gasteiger partial charge in [-0.2, -0.15) is 0 Å². The molecule has 3 unspecified atom stereocenters. The zero-order chi connectivity index (χ0) is 88.1. The molecule has 9 aromatic rings. The first-order valence-electron chi connectivity index (χ1n) is 38.7. The summed E-state index contributed by atoms with van der Waals surface area (Å²) in [6.45, 7) is 8.16. The Balaban J connectivity index is 0.000000152. The number of thiazole rings is 3. The number of nitrogens with one attached hydrogen (secondary N) is 3. The number of methoxy groups -OCH3 is 2. The minimum absolute atomic E-state index is 0.0347. The lowest BCUT2D eigenvalue weighted by Gasteiger charge is -2.41. The van der Waals surface area contributed by atoms with E-state index in [1.165, 1.54) is 97.3 Å². The lowest BCUT2D eigenvalue weighted by Crippen LogP contribution is -2.45. The van der Waals surface area contributed by atoms with Crippen molar-refractivity contribution in [1.29, 1.82) is 0 Å². The molecule has 31 nitrogen and oxygen atoms in total. The maximum absolute atomic E-state index is 14.6. The minimum atomic E-state index is -1.25. The number of aromatic nitrogens is 9. The first-order chi connectivity index (χ1) is 59.6. The number of aryl methyl sites for hydroxylation is 2. The highest BCUT2D eigenvalue weighted by molar-refractivity contribution is 7.12. The molecule has 3 aromatic carbocycles. The highest BCUT2D eigenvalue weighted by atomic mass is 35.5. The van der Waals surface area contributed by atoms with Crippen molar-refractivity contribution >= 4 is 140 Å². The number of nitrogens with zero attached hydrogens (tertiary/aromatic N) is 15. The first kappa shape index (κ1) is 88.4. The largest absolute Gasteiger partial charge is 0.481 e. The van der Waals surface area contributed by atoms with Gasteiger partial charge in [0, 0.05) is 167 Å². The van der Waals surface area contributed by atoms with E-state index >= 15 is 0 Å². The van der Waals surface area contributed by atoms with Crippen molar-refractivity contribution < 1.29 is 85.4 Å². The average molecular weight is 1820 g/mol. The van der Waals surface area contributed by atoms with Gasteiger partial charge in [0.05, 0.1) is 64.1 Å². The smallest absolute Gasteiger partial charge is 0.354 e. The van der Waals surface area contributed by atoms with Gasteiger partial charge in [-0.25, -0.2) is 90.8 Å². The zero-order valence-electron chi connectivity index (χ0n) is 66.4. The molecular weight excluding hydrogens is 1740 g/mol. The Morgan fingerprint density at radius 3 is 1.20 bits per heavy atom. The van der Waals surface area contributed by atoms with Gasteiger partial charge >= 0.3 is 35.8 Å². The summed E-state index contributed by atoms with van der Waals surface area (Å²) in [5.74, 6) is -9.22. The molecule has 6 aromatic heterocycles. The number of halogens is 8. The number of anilines is 3. The summed E-state index contributed by atoms with van der Waals surface area (Å²) in [4.78, 5) is 133. The third-order valence-electron chi connectivity index (χ3n) is 22.0. The maximum atomic E-state index is 14.6. The number of aliphatic carboxylic acids is 1. The van der Waals surface area contributed by atoms with Gasteiger partial charge in [0.1, 0.15) is 23.9 Å². The molecule has 12 heterocycles. The molecule has 124 heavy (non-hydrogen) atoms. The third kappa shape index (κ3) is 18.5. The Hall–Kier alpha value is -11.9. The number of allylic oxidation sites excluding steroid dienone is 3. The summed E-state index contributed by atoms with van der Waals surface area (Å²) in [6, 6.07) is 5.88. The normalized spacial score (nSPS) is 20.0. The summed E-state index contributed by atoms with van der Waals surface area (Å²) in [5.41, 5.74) is 2.89. The molecule has 1 saturated carbocycles. The summed E-state index contributed by atoms with van der Waals surface area (Å²) in [6.07, 6.45) is 14.5. The molecule has 3 saturated heterocycles. The Labute approximate surface area is 730 Å². The van der Waals surface area contributed by atoms with Crippen molar-refractivity contribution in [3.05, 3.63) is 240 Å². The van der Waals surface area contributed by atoms with E-state index in [1.54, 1.807) is 56.2 Å². The van der Waals surface area contributed by atoms with Crippen LogP contribution in [0.1, 0.15) is 146 Å². The van der Waals surface area contributed by atoms with Crippen LogP contribution in [-0.4, -0.2) is 179 Å².